The molecule has 1 aliphatic rings. The molecule has 0 radical (unpaired) electrons. The number of fused-ring (bicyclic) bond motifs is 1. The number of methoxy groups -OCH3 is 2. The molecule has 178 valence electrons. The smallest absolute Gasteiger partial charge is 0.340 e. The SMILES string of the molecule is C=C(C)CN(CC)S(=O)(=O)c1sc2c(c1C(=O)OC)CCN(C(=O)c1cccc(OC)c1)C2. The summed E-state index contributed by atoms with van der Waals surface area (Å²) in [5.41, 5.74) is 1.88. The molecule has 1 aromatic heterocycles. The molecule has 0 atom stereocenters. The Balaban J connectivity index is 2.01. The summed E-state index contributed by atoms with van der Waals surface area (Å²) in [5.74, 6) is -0.298. The molecule has 0 unspecified atom stereocenters. The number of nitrogens with zero attached hydrogens (tertiary/aromatic N) is 2. The molecule has 0 fully saturated rings. The highest BCUT2D eigenvalue weighted by Gasteiger charge is 2.37. The number of esters is 1. The normalized spacial score (nSPS) is 13.5. The van der Waals surface area contributed by atoms with E-state index >= 15 is 0 Å². The fourth-order valence-electron chi connectivity index (χ4n) is 3.77. The number of amides is 1. The van der Waals surface area contributed by atoms with Crippen molar-refractivity contribution in [2.45, 2.75) is 31.0 Å². The average Bonchev–Trinajstić information content (AvgIpc) is 3.21. The number of hydrogen-bond acceptors (Lipinski definition) is 7. The standard InChI is InChI=1S/C23H28N2O6S2/c1-6-25(13-15(2)3)33(28,29)23-20(22(27)31-5)18-10-11-24(14-19(18)32-23)21(26)16-8-7-9-17(12-16)30-4/h7-9,12H,2,6,10-11,13-14H2,1,3-5H3. The number of benzene rings is 1. The third-order valence-electron chi connectivity index (χ3n) is 5.39. The molecular formula is C23H28N2O6S2. The molecule has 3 rings (SSSR count). The van der Waals surface area contributed by atoms with E-state index in [1.54, 1.807) is 43.0 Å². The van der Waals surface area contributed by atoms with Crippen LogP contribution in [0.2, 0.25) is 0 Å². The van der Waals surface area contributed by atoms with Crippen LogP contribution in [0.4, 0.5) is 0 Å². The minimum absolute atomic E-state index is 0.0434. The lowest BCUT2D eigenvalue weighted by Gasteiger charge is -2.27. The molecule has 8 nitrogen and oxygen atoms in total. The predicted octanol–water partition coefficient (Wildman–Crippen LogP) is 3.33. The highest BCUT2D eigenvalue weighted by Crippen LogP contribution is 2.38. The van der Waals surface area contributed by atoms with Crippen molar-refractivity contribution in [3.8, 4) is 5.75 Å². The maximum Gasteiger partial charge on any atom is 0.340 e. The van der Waals surface area contributed by atoms with Crippen molar-refractivity contribution in [3.63, 3.8) is 0 Å². The molecule has 0 bridgehead atoms. The van der Waals surface area contributed by atoms with E-state index < -0.39 is 16.0 Å². The van der Waals surface area contributed by atoms with Crippen LogP contribution < -0.4 is 4.74 Å². The summed E-state index contributed by atoms with van der Waals surface area (Å²) >= 11 is 1.03. The van der Waals surface area contributed by atoms with E-state index in [0.717, 1.165) is 11.3 Å². The first-order chi connectivity index (χ1) is 15.6. The number of thiophene rings is 1. The average molecular weight is 493 g/mol. The topological polar surface area (TPSA) is 93.2 Å². The predicted molar refractivity (Wildman–Crippen MR) is 126 cm³/mol. The van der Waals surface area contributed by atoms with Crippen molar-refractivity contribution in [2.75, 3.05) is 33.9 Å². The van der Waals surface area contributed by atoms with E-state index in [9.17, 15) is 18.0 Å². The van der Waals surface area contributed by atoms with Crippen LogP contribution in [0.25, 0.3) is 0 Å². The van der Waals surface area contributed by atoms with Crippen LogP contribution in [0, 0.1) is 0 Å². The Kier molecular flexibility index (Phi) is 7.61. The van der Waals surface area contributed by atoms with Gasteiger partial charge in [0.1, 0.15) is 9.96 Å². The molecule has 1 aliphatic heterocycles. The van der Waals surface area contributed by atoms with Crippen molar-refractivity contribution in [3.05, 3.63) is 58.0 Å². The van der Waals surface area contributed by atoms with Crippen molar-refractivity contribution in [1.29, 1.82) is 0 Å². The van der Waals surface area contributed by atoms with Crippen molar-refractivity contribution in [2.24, 2.45) is 0 Å². The van der Waals surface area contributed by atoms with Gasteiger partial charge in [-0.3, -0.25) is 4.79 Å². The molecule has 1 aromatic carbocycles. The maximum atomic E-state index is 13.5. The van der Waals surface area contributed by atoms with E-state index in [1.165, 1.54) is 18.5 Å². The number of rotatable bonds is 8. The Hall–Kier alpha value is -2.69. The number of ether oxygens (including phenoxy) is 2. The van der Waals surface area contributed by atoms with Gasteiger partial charge in [0.2, 0.25) is 0 Å². The largest absolute Gasteiger partial charge is 0.497 e. The zero-order valence-electron chi connectivity index (χ0n) is 19.2. The molecule has 0 spiro atoms. The van der Waals surface area contributed by atoms with E-state index in [-0.39, 0.29) is 35.3 Å². The summed E-state index contributed by atoms with van der Waals surface area (Å²) in [6.07, 6.45) is 0.355. The molecule has 2 aromatic rings. The van der Waals surface area contributed by atoms with Crippen LogP contribution >= 0.6 is 11.3 Å². The first-order valence-corrected chi connectivity index (χ1v) is 12.7. The van der Waals surface area contributed by atoms with Crippen LogP contribution in [-0.2, 0) is 27.7 Å². The summed E-state index contributed by atoms with van der Waals surface area (Å²) in [7, 11) is -1.19. The van der Waals surface area contributed by atoms with Gasteiger partial charge in [0, 0.05) is 30.1 Å². The second kappa shape index (κ2) is 10.1. The van der Waals surface area contributed by atoms with Crippen LogP contribution in [0.15, 0.2) is 40.6 Å². The number of carbonyl (C=O) groups is 2. The van der Waals surface area contributed by atoms with Gasteiger partial charge < -0.3 is 14.4 Å². The lowest BCUT2D eigenvalue weighted by Crippen LogP contribution is -2.35. The number of likely N-dealkylation sites (N-methyl/N-ethyl adjacent to an activating group) is 1. The minimum atomic E-state index is -3.95. The summed E-state index contributed by atoms with van der Waals surface area (Å²) < 4.78 is 38.3. The maximum absolute atomic E-state index is 13.5. The van der Waals surface area contributed by atoms with Gasteiger partial charge in [-0.25, -0.2) is 13.2 Å². The zero-order valence-corrected chi connectivity index (χ0v) is 20.8. The molecule has 0 N–H and O–H groups in total. The van der Waals surface area contributed by atoms with E-state index in [4.69, 9.17) is 9.47 Å². The Labute approximate surface area is 198 Å². The molecule has 10 heteroatoms. The monoisotopic (exact) mass is 492 g/mol. The third kappa shape index (κ3) is 4.97. The lowest BCUT2D eigenvalue weighted by atomic mass is 10.0. The van der Waals surface area contributed by atoms with Crippen molar-refractivity contribution < 1.29 is 27.5 Å². The van der Waals surface area contributed by atoms with Gasteiger partial charge in [-0.05, 0) is 37.1 Å². The molecule has 0 saturated carbocycles. The number of hydrogen-bond donors (Lipinski definition) is 0. The third-order valence-corrected chi connectivity index (χ3v) is 9.02. The van der Waals surface area contributed by atoms with Gasteiger partial charge in [0.25, 0.3) is 15.9 Å². The van der Waals surface area contributed by atoms with Crippen LogP contribution in [0.3, 0.4) is 0 Å². The summed E-state index contributed by atoms with van der Waals surface area (Å²) in [6.45, 7) is 8.25. The molecule has 0 saturated heterocycles. The zero-order chi connectivity index (χ0) is 24.3. The number of carbonyl (C=O) groups excluding carboxylic acids is 2. The molecule has 2 heterocycles. The molecule has 33 heavy (non-hydrogen) atoms. The van der Waals surface area contributed by atoms with Gasteiger partial charge >= 0.3 is 5.97 Å². The lowest BCUT2D eigenvalue weighted by molar-refractivity contribution is 0.0595. The Morgan fingerprint density at radius 3 is 2.61 bits per heavy atom. The summed E-state index contributed by atoms with van der Waals surface area (Å²) in [6, 6.07) is 6.88. The minimum Gasteiger partial charge on any atom is -0.497 e. The fraction of sp³-hybridized carbons (Fsp3) is 0.391. The highest BCUT2D eigenvalue weighted by molar-refractivity contribution is 7.91. The van der Waals surface area contributed by atoms with E-state index in [2.05, 4.69) is 6.58 Å². The van der Waals surface area contributed by atoms with Gasteiger partial charge in [0.15, 0.2) is 0 Å². The molecule has 0 aliphatic carbocycles. The Morgan fingerprint density at radius 2 is 2.00 bits per heavy atom. The van der Waals surface area contributed by atoms with E-state index in [0.29, 0.717) is 40.3 Å². The van der Waals surface area contributed by atoms with Gasteiger partial charge in [0.05, 0.1) is 26.3 Å². The first-order valence-electron chi connectivity index (χ1n) is 10.4. The van der Waals surface area contributed by atoms with E-state index in [1.807, 2.05) is 0 Å². The van der Waals surface area contributed by atoms with Crippen molar-refractivity contribution >= 4 is 33.2 Å². The van der Waals surface area contributed by atoms with Crippen molar-refractivity contribution in [1.82, 2.24) is 9.21 Å². The van der Waals surface area contributed by atoms with Gasteiger partial charge in [-0.1, -0.05) is 25.1 Å². The highest BCUT2D eigenvalue weighted by atomic mass is 32.2. The second-order valence-electron chi connectivity index (χ2n) is 7.75. The van der Waals surface area contributed by atoms with Gasteiger partial charge in [-0.15, -0.1) is 11.3 Å². The fourth-order valence-corrected chi connectivity index (χ4v) is 7.31. The Bertz CT molecular complexity index is 1190. The molecular weight excluding hydrogens is 464 g/mol. The number of sulfonamides is 1. The second-order valence-corrected chi connectivity index (χ2v) is 11.0. The summed E-state index contributed by atoms with van der Waals surface area (Å²) in [5, 5.41) is 0. The van der Waals surface area contributed by atoms with Crippen LogP contribution in [0.5, 0.6) is 5.75 Å². The van der Waals surface area contributed by atoms with Gasteiger partial charge in [-0.2, -0.15) is 4.31 Å². The molecule has 1 amide bonds. The van der Waals surface area contributed by atoms with Crippen LogP contribution in [-0.4, -0.2) is 63.4 Å². The summed E-state index contributed by atoms with van der Waals surface area (Å²) in [4.78, 5) is 28.0. The Morgan fingerprint density at radius 1 is 1.27 bits per heavy atom. The quantitative estimate of drug-likeness (QED) is 0.415. The first kappa shape index (κ1) is 24.9. The van der Waals surface area contributed by atoms with Crippen LogP contribution in [0.1, 0.15) is 45.0 Å².